The summed E-state index contributed by atoms with van der Waals surface area (Å²) < 4.78 is 26.3. The van der Waals surface area contributed by atoms with Crippen LogP contribution in [0.4, 0.5) is 11.4 Å². The molecular weight excluding hydrogens is 356 g/mol. The average molecular weight is 372 g/mol. The van der Waals surface area contributed by atoms with Gasteiger partial charge in [0, 0.05) is 42.7 Å². The monoisotopic (exact) mass is 372 g/mol. The number of anilines is 1. The summed E-state index contributed by atoms with van der Waals surface area (Å²) in [6.07, 6.45) is 0. The molecule has 0 saturated carbocycles. The molecule has 3 rings (SSSR count). The number of nitrogens with zero attached hydrogens (tertiary/aromatic N) is 2. The lowest BCUT2D eigenvalue weighted by atomic mass is 10.1. The van der Waals surface area contributed by atoms with Gasteiger partial charge in [-0.15, -0.1) is 0 Å². The SMILES string of the molecule is CN(C)c1cccc2c(S(=O)(=O)c3cc([N+](=O)[O-])ccc3O)cccc12. The Balaban J connectivity index is 2.32. The van der Waals surface area contributed by atoms with Gasteiger partial charge in [0.25, 0.3) is 5.69 Å². The number of rotatable bonds is 4. The van der Waals surface area contributed by atoms with E-state index < -0.39 is 31.1 Å². The summed E-state index contributed by atoms with van der Waals surface area (Å²) in [6.45, 7) is 0. The summed E-state index contributed by atoms with van der Waals surface area (Å²) in [5.41, 5.74) is 0.429. The Bertz CT molecular complexity index is 1120. The standard InChI is InChI=1S/C18H16N2O5S/c1-19(2)15-7-3-6-14-13(15)5-4-8-17(14)26(24,25)18-11-12(20(22)23)9-10-16(18)21/h3-11,21H,1-2H3. The summed E-state index contributed by atoms with van der Waals surface area (Å²) in [5, 5.41) is 22.2. The van der Waals surface area contributed by atoms with Crippen molar-refractivity contribution in [1.29, 1.82) is 0 Å². The number of hydrogen-bond acceptors (Lipinski definition) is 6. The first kappa shape index (κ1) is 17.7. The van der Waals surface area contributed by atoms with Gasteiger partial charge in [0.15, 0.2) is 0 Å². The van der Waals surface area contributed by atoms with Crippen molar-refractivity contribution in [3.8, 4) is 5.75 Å². The van der Waals surface area contributed by atoms with Crippen molar-refractivity contribution in [2.45, 2.75) is 9.79 Å². The molecule has 0 aliphatic heterocycles. The third-order valence-corrected chi connectivity index (χ3v) is 5.92. The maximum absolute atomic E-state index is 13.1. The molecule has 3 aromatic carbocycles. The Hall–Kier alpha value is -3.13. The summed E-state index contributed by atoms with van der Waals surface area (Å²) >= 11 is 0. The van der Waals surface area contributed by atoms with Crippen molar-refractivity contribution in [2.75, 3.05) is 19.0 Å². The normalized spacial score (nSPS) is 11.5. The van der Waals surface area contributed by atoms with Gasteiger partial charge >= 0.3 is 0 Å². The number of fused-ring (bicyclic) bond motifs is 1. The molecule has 0 spiro atoms. The molecule has 7 nitrogen and oxygen atoms in total. The van der Waals surface area contributed by atoms with Gasteiger partial charge in [0.2, 0.25) is 9.84 Å². The third-order valence-electron chi connectivity index (χ3n) is 4.07. The van der Waals surface area contributed by atoms with Crippen molar-refractivity contribution in [3.05, 3.63) is 64.7 Å². The van der Waals surface area contributed by atoms with E-state index in [1.165, 1.54) is 6.07 Å². The van der Waals surface area contributed by atoms with Crippen LogP contribution in [-0.4, -0.2) is 32.5 Å². The zero-order valence-electron chi connectivity index (χ0n) is 14.1. The molecule has 134 valence electrons. The molecule has 0 atom stereocenters. The van der Waals surface area contributed by atoms with Gasteiger partial charge in [-0.1, -0.05) is 24.3 Å². The fourth-order valence-electron chi connectivity index (χ4n) is 2.84. The highest BCUT2D eigenvalue weighted by molar-refractivity contribution is 7.91. The van der Waals surface area contributed by atoms with Gasteiger partial charge in [-0.05, 0) is 18.2 Å². The second-order valence-electron chi connectivity index (χ2n) is 5.94. The first-order chi connectivity index (χ1) is 12.2. The fourth-order valence-corrected chi connectivity index (χ4v) is 4.42. The van der Waals surface area contributed by atoms with Gasteiger partial charge in [-0.2, -0.15) is 0 Å². The van der Waals surface area contributed by atoms with Crippen molar-refractivity contribution in [1.82, 2.24) is 0 Å². The minimum atomic E-state index is -4.17. The molecule has 3 aromatic rings. The molecule has 26 heavy (non-hydrogen) atoms. The number of phenols is 1. The summed E-state index contributed by atoms with van der Waals surface area (Å²) in [5.74, 6) is -0.531. The fraction of sp³-hybridized carbons (Fsp3) is 0.111. The zero-order chi connectivity index (χ0) is 19.1. The van der Waals surface area contributed by atoms with E-state index in [9.17, 15) is 23.6 Å². The van der Waals surface area contributed by atoms with E-state index in [1.54, 1.807) is 24.3 Å². The van der Waals surface area contributed by atoms with Gasteiger partial charge in [0.05, 0.1) is 9.82 Å². The van der Waals surface area contributed by atoms with Crippen LogP contribution in [0.25, 0.3) is 10.8 Å². The minimum Gasteiger partial charge on any atom is -0.507 e. The Morgan fingerprint density at radius 2 is 1.62 bits per heavy atom. The van der Waals surface area contributed by atoms with E-state index in [0.29, 0.717) is 5.39 Å². The van der Waals surface area contributed by atoms with Crippen LogP contribution in [0.2, 0.25) is 0 Å². The molecule has 0 fully saturated rings. The maximum atomic E-state index is 13.1. The van der Waals surface area contributed by atoms with Crippen LogP contribution in [0.1, 0.15) is 0 Å². The lowest BCUT2D eigenvalue weighted by molar-refractivity contribution is -0.385. The number of nitro benzene ring substituents is 1. The third kappa shape index (κ3) is 2.84. The van der Waals surface area contributed by atoms with Crippen molar-refractivity contribution in [2.24, 2.45) is 0 Å². The molecule has 0 radical (unpaired) electrons. The predicted molar refractivity (Wildman–Crippen MR) is 98.5 cm³/mol. The van der Waals surface area contributed by atoms with E-state index in [0.717, 1.165) is 29.3 Å². The van der Waals surface area contributed by atoms with E-state index in [-0.39, 0.29) is 4.90 Å². The van der Waals surface area contributed by atoms with E-state index in [2.05, 4.69) is 0 Å². The van der Waals surface area contributed by atoms with Gasteiger partial charge in [-0.3, -0.25) is 10.1 Å². The number of non-ortho nitro benzene ring substituents is 1. The molecule has 0 aliphatic carbocycles. The average Bonchev–Trinajstić information content (AvgIpc) is 2.60. The highest BCUT2D eigenvalue weighted by atomic mass is 32.2. The van der Waals surface area contributed by atoms with Gasteiger partial charge < -0.3 is 10.0 Å². The first-order valence-corrected chi connectivity index (χ1v) is 9.13. The van der Waals surface area contributed by atoms with E-state index >= 15 is 0 Å². The molecule has 0 aliphatic rings. The molecule has 0 saturated heterocycles. The second kappa shape index (κ2) is 6.30. The van der Waals surface area contributed by atoms with Crippen LogP contribution < -0.4 is 4.90 Å². The molecule has 1 N–H and O–H groups in total. The molecule has 0 unspecified atom stereocenters. The minimum absolute atomic E-state index is 0.0190. The highest BCUT2D eigenvalue weighted by Gasteiger charge is 2.26. The van der Waals surface area contributed by atoms with Crippen molar-refractivity contribution >= 4 is 32.0 Å². The lowest BCUT2D eigenvalue weighted by Gasteiger charge is -2.17. The van der Waals surface area contributed by atoms with E-state index in [4.69, 9.17) is 0 Å². The van der Waals surface area contributed by atoms with Crippen LogP contribution in [0.15, 0.2) is 64.4 Å². The Labute approximate surface area is 150 Å². The number of aromatic hydroxyl groups is 1. The topological polar surface area (TPSA) is 101 Å². The van der Waals surface area contributed by atoms with Crippen LogP contribution in [0.5, 0.6) is 5.75 Å². The maximum Gasteiger partial charge on any atom is 0.271 e. The molecule has 0 heterocycles. The van der Waals surface area contributed by atoms with Crippen LogP contribution >= 0.6 is 0 Å². The van der Waals surface area contributed by atoms with Crippen molar-refractivity contribution < 1.29 is 18.4 Å². The molecule has 8 heteroatoms. The van der Waals surface area contributed by atoms with E-state index in [1.807, 2.05) is 25.1 Å². The number of sulfone groups is 1. The largest absolute Gasteiger partial charge is 0.507 e. The molecule has 0 amide bonds. The second-order valence-corrected chi connectivity index (χ2v) is 7.82. The predicted octanol–water partition coefficient (Wildman–Crippen LogP) is 3.35. The molecule has 0 bridgehead atoms. The Kier molecular flexibility index (Phi) is 4.29. The van der Waals surface area contributed by atoms with Crippen molar-refractivity contribution in [3.63, 3.8) is 0 Å². The highest BCUT2D eigenvalue weighted by Crippen LogP contribution is 2.36. The summed E-state index contributed by atoms with van der Waals surface area (Å²) in [7, 11) is -0.469. The van der Waals surface area contributed by atoms with Gasteiger partial charge in [-0.25, -0.2) is 8.42 Å². The quantitative estimate of drug-likeness (QED) is 0.557. The summed E-state index contributed by atoms with van der Waals surface area (Å²) in [6, 6.07) is 13.1. The van der Waals surface area contributed by atoms with Gasteiger partial charge in [0.1, 0.15) is 10.6 Å². The number of hydrogen-bond donors (Lipinski definition) is 1. The van der Waals surface area contributed by atoms with Crippen LogP contribution in [0.3, 0.4) is 0 Å². The number of nitro groups is 1. The van der Waals surface area contributed by atoms with Crippen LogP contribution in [-0.2, 0) is 9.84 Å². The Morgan fingerprint density at radius 3 is 2.27 bits per heavy atom. The number of benzene rings is 3. The summed E-state index contributed by atoms with van der Waals surface area (Å²) in [4.78, 5) is 11.6. The molecular formula is C18H16N2O5S. The Morgan fingerprint density at radius 1 is 0.962 bits per heavy atom. The number of phenolic OH excluding ortho intramolecular Hbond substituents is 1. The smallest absolute Gasteiger partial charge is 0.271 e. The first-order valence-electron chi connectivity index (χ1n) is 7.65. The van der Waals surface area contributed by atoms with Crippen LogP contribution in [0, 0.1) is 10.1 Å². The zero-order valence-corrected chi connectivity index (χ0v) is 14.9. The lowest BCUT2D eigenvalue weighted by Crippen LogP contribution is -2.10. The molecule has 0 aromatic heterocycles.